The Bertz CT molecular complexity index is 1030. The number of hydrogen-bond donors (Lipinski definition) is 0. The summed E-state index contributed by atoms with van der Waals surface area (Å²) < 4.78 is 31.9. The van der Waals surface area contributed by atoms with E-state index in [4.69, 9.17) is 4.74 Å². The van der Waals surface area contributed by atoms with Crippen molar-refractivity contribution < 1.29 is 22.9 Å². The van der Waals surface area contributed by atoms with Gasteiger partial charge in [-0.2, -0.15) is 0 Å². The number of sulfone groups is 1. The topological polar surface area (TPSA) is 120 Å². The van der Waals surface area contributed by atoms with Gasteiger partial charge in [-0.15, -0.1) is 11.3 Å². The molecule has 0 aliphatic carbocycles. The maximum atomic E-state index is 13.1. The van der Waals surface area contributed by atoms with Gasteiger partial charge < -0.3 is 9.64 Å². The van der Waals surface area contributed by atoms with Gasteiger partial charge in [-0.3, -0.25) is 10.1 Å². The molecule has 1 fully saturated rings. The Kier molecular flexibility index (Phi) is 5.32. The molecule has 0 unspecified atom stereocenters. The van der Waals surface area contributed by atoms with Crippen LogP contribution in [0.25, 0.3) is 10.2 Å². The number of amides is 1. The Morgan fingerprint density at radius 1 is 1.39 bits per heavy atom. The lowest BCUT2D eigenvalue weighted by Crippen LogP contribution is -2.47. The van der Waals surface area contributed by atoms with Crippen molar-refractivity contribution in [2.24, 2.45) is 0 Å². The lowest BCUT2D eigenvalue weighted by molar-refractivity contribution is -0.384. The molecule has 1 saturated heterocycles. The van der Waals surface area contributed by atoms with Crippen LogP contribution in [-0.4, -0.2) is 53.3 Å². The number of nitro groups is 1. The number of non-ortho nitro benzene ring substituents is 1. The number of nitrogens with zero attached hydrogens (tertiary/aromatic N) is 3. The quantitative estimate of drug-likeness (QED) is 0.544. The molecule has 0 N–H and O–H groups in total. The highest BCUT2D eigenvalue weighted by Crippen LogP contribution is 2.32. The van der Waals surface area contributed by atoms with Crippen LogP contribution in [0.1, 0.15) is 33.6 Å². The second-order valence-electron chi connectivity index (χ2n) is 7.62. The van der Waals surface area contributed by atoms with Gasteiger partial charge in [0, 0.05) is 25.2 Å². The smallest absolute Gasteiger partial charge is 0.410 e. The van der Waals surface area contributed by atoms with Gasteiger partial charge >= 0.3 is 6.09 Å². The average Bonchev–Trinajstić information content (AvgIpc) is 3.04. The zero-order valence-corrected chi connectivity index (χ0v) is 17.4. The van der Waals surface area contributed by atoms with Crippen molar-refractivity contribution in [3.8, 4) is 0 Å². The largest absolute Gasteiger partial charge is 0.444 e. The fraction of sp³-hybridized carbons (Fsp3) is 0.529. The third-order valence-electron chi connectivity index (χ3n) is 4.27. The van der Waals surface area contributed by atoms with E-state index < -0.39 is 31.7 Å². The van der Waals surface area contributed by atoms with Gasteiger partial charge in [0.2, 0.25) is 14.2 Å². The van der Waals surface area contributed by atoms with E-state index in [2.05, 4.69) is 4.98 Å². The molecule has 2 aromatic rings. The standard InChI is InChI=1S/C17H21N3O6S2/c1-17(2,3)26-16(21)19-8-4-5-12(10-19)28(24,25)15-18-13-9-11(20(22)23)6-7-14(13)27-15/h6-7,9,12H,4-5,8,10H2,1-3H3/t12-/m0/s1. The minimum absolute atomic E-state index is 0.0350. The summed E-state index contributed by atoms with van der Waals surface area (Å²) in [6.07, 6.45) is 0.421. The van der Waals surface area contributed by atoms with Gasteiger partial charge in [-0.05, 0) is 39.7 Å². The molecule has 1 aromatic carbocycles. The van der Waals surface area contributed by atoms with Gasteiger partial charge in [-0.1, -0.05) is 0 Å². The maximum absolute atomic E-state index is 13.1. The third kappa shape index (κ3) is 4.25. The van der Waals surface area contributed by atoms with Crippen LogP contribution >= 0.6 is 11.3 Å². The molecule has 2 heterocycles. The van der Waals surface area contributed by atoms with Crippen LogP contribution in [-0.2, 0) is 14.6 Å². The average molecular weight is 428 g/mol. The van der Waals surface area contributed by atoms with E-state index in [0.717, 1.165) is 11.3 Å². The van der Waals surface area contributed by atoms with Crippen molar-refractivity contribution in [2.75, 3.05) is 13.1 Å². The number of fused-ring (bicyclic) bond motifs is 1. The SMILES string of the molecule is CC(C)(C)OC(=O)N1CCC[C@H](S(=O)(=O)c2nc3cc([N+](=O)[O-])ccc3s2)C1. The van der Waals surface area contributed by atoms with Crippen molar-refractivity contribution in [2.45, 2.75) is 48.8 Å². The number of thiazole rings is 1. The second-order valence-corrected chi connectivity index (χ2v) is 11.1. The Hall–Kier alpha value is -2.27. The monoisotopic (exact) mass is 427 g/mol. The molecular weight excluding hydrogens is 406 g/mol. The number of aromatic nitrogens is 1. The first-order valence-corrected chi connectivity index (χ1v) is 11.1. The number of benzene rings is 1. The van der Waals surface area contributed by atoms with E-state index in [-0.39, 0.29) is 22.1 Å². The summed E-state index contributed by atoms with van der Waals surface area (Å²) in [5, 5.41) is 10.1. The highest BCUT2D eigenvalue weighted by atomic mass is 32.2. The van der Waals surface area contributed by atoms with Gasteiger partial charge in [0.1, 0.15) is 5.60 Å². The Morgan fingerprint density at radius 3 is 2.75 bits per heavy atom. The molecule has 1 aliphatic rings. The zero-order valence-electron chi connectivity index (χ0n) is 15.7. The maximum Gasteiger partial charge on any atom is 0.410 e. The van der Waals surface area contributed by atoms with Crippen LogP contribution in [0.3, 0.4) is 0 Å². The number of hydrogen-bond acceptors (Lipinski definition) is 8. The van der Waals surface area contributed by atoms with Crippen LogP contribution in [0.4, 0.5) is 10.5 Å². The number of rotatable bonds is 3. The third-order valence-corrected chi connectivity index (χ3v) is 7.89. The van der Waals surface area contributed by atoms with E-state index in [1.807, 2.05) is 0 Å². The van der Waals surface area contributed by atoms with Crippen LogP contribution < -0.4 is 0 Å². The van der Waals surface area contributed by atoms with E-state index in [0.29, 0.717) is 24.1 Å². The van der Waals surface area contributed by atoms with Gasteiger partial charge in [-0.25, -0.2) is 18.2 Å². The number of carbonyl (C=O) groups is 1. The normalized spacial score (nSPS) is 18.2. The van der Waals surface area contributed by atoms with Crippen LogP contribution in [0, 0.1) is 10.1 Å². The molecule has 0 bridgehead atoms. The van der Waals surface area contributed by atoms with E-state index in [1.165, 1.54) is 23.1 Å². The van der Waals surface area contributed by atoms with Gasteiger partial charge in [0.25, 0.3) is 5.69 Å². The molecule has 11 heteroatoms. The van der Waals surface area contributed by atoms with Crippen molar-refractivity contribution >= 4 is 43.2 Å². The van der Waals surface area contributed by atoms with Crippen molar-refractivity contribution in [3.63, 3.8) is 0 Å². The molecular formula is C17H21N3O6S2. The molecule has 1 atom stereocenters. The molecule has 1 aliphatic heterocycles. The molecule has 152 valence electrons. The molecule has 0 saturated carbocycles. The molecule has 9 nitrogen and oxygen atoms in total. The summed E-state index contributed by atoms with van der Waals surface area (Å²) in [6, 6.07) is 4.08. The zero-order chi connectivity index (χ0) is 20.7. The lowest BCUT2D eigenvalue weighted by Gasteiger charge is -2.33. The number of likely N-dealkylation sites (tertiary alicyclic amines) is 1. The summed E-state index contributed by atoms with van der Waals surface area (Å²) in [7, 11) is -3.78. The Balaban J connectivity index is 1.84. The fourth-order valence-electron chi connectivity index (χ4n) is 2.96. The lowest BCUT2D eigenvalue weighted by atomic mass is 10.1. The summed E-state index contributed by atoms with van der Waals surface area (Å²) in [5.74, 6) is 0. The van der Waals surface area contributed by atoms with E-state index in [1.54, 1.807) is 20.8 Å². The highest BCUT2D eigenvalue weighted by molar-refractivity contribution is 7.94. The van der Waals surface area contributed by atoms with E-state index in [9.17, 15) is 23.3 Å². The molecule has 1 amide bonds. The number of nitro benzene ring substituents is 1. The minimum atomic E-state index is -3.78. The molecule has 0 radical (unpaired) electrons. The molecule has 3 rings (SSSR count). The first-order chi connectivity index (χ1) is 13.0. The summed E-state index contributed by atoms with van der Waals surface area (Å²) >= 11 is 0.982. The molecule has 28 heavy (non-hydrogen) atoms. The van der Waals surface area contributed by atoms with Crippen molar-refractivity contribution in [3.05, 3.63) is 28.3 Å². The summed E-state index contributed by atoms with van der Waals surface area (Å²) in [4.78, 5) is 28.2. The predicted octanol–water partition coefficient (Wildman–Crippen LogP) is 3.38. The van der Waals surface area contributed by atoms with E-state index >= 15 is 0 Å². The Labute approximate surface area is 166 Å². The van der Waals surface area contributed by atoms with Crippen LogP contribution in [0.2, 0.25) is 0 Å². The summed E-state index contributed by atoms with van der Waals surface area (Å²) in [6.45, 7) is 5.73. The number of ether oxygens (including phenoxy) is 1. The predicted molar refractivity (Wildman–Crippen MR) is 104 cm³/mol. The Morgan fingerprint density at radius 2 is 2.11 bits per heavy atom. The first kappa shape index (κ1) is 20.5. The fourth-order valence-corrected chi connectivity index (χ4v) is 6.14. The highest BCUT2D eigenvalue weighted by Gasteiger charge is 2.37. The first-order valence-electron chi connectivity index (χ1n) is 8.74. The van der Waals surface area contributed by atoms with Crippen molar-refractivity contribution in [1.29, 1.82) is 0 Å². The van der Waals surface area contributed by atoms with Crippen LogP contribution in [0.5, 0.6) is 0 Å². The van der Waals surface area contributed by atoms with Crippen molar-refractivity contribution in [1.82, 2.24) is 9.88 Å². The van der Waals surface area contributed by atoms with Gasteiger partial charge in [0.15, 0.2) is 0 Å². The number of carbonyl (C=O) groups excluding carboxylic acids is 1. The number of piperidine rings is 1. The second kappa shape index (κ2) is 7.28. The minimum Gasteiger partial charge on any atom is -0.444 e. The molecule has 0 spiro atoms. The summed E-state index contributed by atoms with van der Waals surface area (Å²) in [5.41, 5.74) is -0.530. The molecule has 1 aromatic heterocycles. The van der Waals surface area contributed by atoms with Gasteiger partial charge in [0.05, 0.1) is 20.4 Å². The van der Waals surface area contributed by atoms with Crippen LogP contribution in [0.15, 0.2) is 22.5 Å².